The number of carbonyl (C=O) groups excluding carboxylic acids is 1. The molecule has 18 heavy (non-hydrogen) atoms. The molecule has 0 unspecified atom stereocenters. The van der Waals surface area contributed by atoms with E-state index in [2.05, 4.69) is 22.6 Å². The molecule has 106 valence electrons. The Morgan fingerprint density at radius 3 is 2.56 bits per heavy atom. The lowest BCUT2D eigenvalue weighted by atomic mass is 10.1. The largest absolute Gasteiger partial charge is 0.444 e. The first-order valence-corrected chi connectivity index (χ1v) is 6.76. The van der Waals surface area contributed by atoms with Gasteiger partial charge in [-0.2, -0.15) is 0 Å². The van der Waals surface area contributed by atoms with Gasteiger partial charge in [-0.25, -0.2) is 4.79 Å². The molecular formula is C13H27N3O2. The maximum atomic E-state index is 11.5. The van der Waals surface area contributed by atoms with Crippen molar-refractivity contribution in [2.24, 2.45) is 0 Å². The van der Waals surface area contributed by atoms with E-state index in [9.17, 15) is 4.79 Å². The number of rotatable bonds is 4. The summed E-state index contributed by atoms with van der Waals surface area (Å²) in [6.07, 6.45) is 2.03. The van der Waals surface area contributed by atoms with Gasteiger partial charge >= 0.3 is 6.09 Å². The lowest BCUT2D eigenvalue weighted by molar-refractivity contribution is 0.0519. The zero-order chi connectivity index (χ0) is 13.6. The van der Waals surface area contributed by atoms with Gasteiger partial charge in [0.2, 0.25) is 0 Å². The highest BCUT2D eigenvalue weighted by atomic mass is 16.6. The number of ether oxygens (including phenoxy) is 1. The van der Waals surface area contributed by atoms with Gasteiger partial charge in [-0.05, 0) is 53.8 Å². The molecule has 5 nitrogen and oxygen atoms in total. The highest BCUT2D eigenvalue weighted by Crippen LogP contribution is 2.09. The summed E-state index contributed by atoms with van der Waals surface area (Å²) >= 11 is 0. The summed E-state index contributed by atoms with van der Waals surface area (Å²) in [5.74, 6) is 0. The summed E-state index contributed by atoms with van der Waals surface area (Å²) in [6.45, 7) is 9.29. The van der Waals surface area contributed by atoms with Gasteiger partial charge in [0.05, 0.1) is 0 Å². The number of carbonyl (C=O) groups is 1. The molecule has 0 bridgehead atoms. The van der Waals surface area contributed by atoms with E-state index < -0.39 is 5.60 Å². The fraction of sp³-hybridized carbons (Fsp3) is 0.923. The summed E-state index contributed by atoms with van der Waals surface area (Å²) < 4.78 is 5.19. The molecule has 2 N–H and O–H groups in total. The van der Waals surface area contributed by atoms with Crippen LogP contribution in [0, 0.1) is 0 Å². The standard InChI is InChI=1S/C13H27N3O2/c1-13(2,3)18-12(17)15-9-10-16(4)11-5-7-14-8-6-11/h11,14H,5-10H2,1-4H3,(H,15,17). The molecule has 1 amide bonds. The lowest BCUT2D eigenvalue weighted by Crippen LogP contribution is -2.44. The van der Waals surface area contributed by atoms with Crippen LogP contribution in [0.3, 0.4) is 0 Å². The van der Waals surface area contributed by atoms with Crippen molar-refractivity contribution in [1.29, 1.82) is 0 Å². The van der Waals surface area contributed by atoms with Gasteiger partial charge in [0.25, 0.3) is 0 Å². The third-order valence-electron chi connectivity index (χ3n) is 3.06. The molecule has 1 fully saturated rings. The second-order valence-electron chi connectivity index (χ2n) is 5.89. The zero-order valence-electron chi connectivity index (χ0n) is 12.1. The Morgan fingerprint density at radius 2 is 2.00 bits per heavy atom. The van der Waals surface area contributed by atoms with Gasteiger partial charge in [-0.1, -0.05) is 0 Å². The van der Waals surface area contributed by atoms with Crippen molar-refractivity contribution >= 4 is 6.09 Å². The van der Waals surface area contributed by atoms with Crippen LogP contribution in [0.25, 0.3) is 0 Å². The summed E-state index contributed by atoms with van der Waals surface area (Å²) in [5, 5.41) is 6.14. The molecule has 0 aromatic heterocycles. The molecule has 1 saturated heterocycles. The predicted molar refractivity (Wildman–Crippen MR) is 72.8 cm³/mol. The summed E-state index contributed by atoms with van der Waals surface area (Å²) in [5.41, 5.74) is -0.426. The summed E-state index contributed by atoms with van der Waals surface area (Å²) in [6, 6.07) is 0.631. The smallest absolute Gasteiger partial charge is 0.407 e. The molecular weight excluding hydrogens is 230 g/mol. The highest BCUT2D eigenvalue weighted by Gasteiger charge is 2.18. The van der Waals surface area contributed by atoms with Crippen molar-refractivity contribution in [1.82, 2.24) is 15.5 Å². The number of nitrogens with zero attached hydrogens (tertiary/aromatic N) is 1. The van der Waals surface area contributed by atoms with Crippen LogP contribution < -0.4 is 10.6 Å². The molecule has 1 heterocycles. The summed E-state index contributed by atoms with van der Waals surface area (Å²) in [7, 11) is 2.12. The normalized spacial score (nSPS) is 17.8. The van der Waals surface area contributed by atoms with Crippen molar-refractivity contribution in [3.8, 4) is 0 Å². The van der Waals surface area contributed by atoms with Crippen LogP contribution in [0.2, 0.25) is 0 Å². The molecule has 0 aliphatic carbocycles. The van der Waals surface area contributed by atoms with Crippen LogP contribution in [-0.2, 0) is 4.74 Å². The second kappa shape index (κ2) is 6.95. The molecule has 5 heteroatoms. The van der Waals surface area contributed by atoms with Gasteiger partial charge < -0.3 is 20.3 Å². The van der Waals surface area contributed by atoms with Crippen LogP contribution in [0.4, 0.5) is 4.79 Å². The van der Waals surface area contributed by atoms with Crippen LogP contribution in [0.5, 0.6) is 0 Å². The molecule has 0 saturated carbocycles. The van der Waals surface area contributed by atoms with Gasteiger partial charge in [0.1, 0.15) is 5.60 Å². The average molecular weight is 257 g/mol. The minimum atomic E-state index is -0.426. The molecule has 1 rings (SSSR count). The number of piperidine rings is 1. The molecule has 0 atom stereocenters. The molecule has 0 radical (unpaired) electrons. The number of hydrogen-bond donors (Lipinski definition) is 2. The maximum Gasteiger partial charge on any atom is 0.407 e. The van der Waals surface area contributed by atoms with E-state index in [-0.39, 0.29) is 6.09 Å². The Balaban J connectivity index is 2.14. The number of alkyl carbamates (subject to hydrolysis) is 1. The van der Waals surface area contributed by atoms with E-state index in [4.69, 9.17) is 4.74 Å². The summed E-state index contributed by atoms with van der Waals surface area (Å²) in [4.78, 5) is 13.8. The van der Waals surface area contributed by atoms with Crippen LogP contribution in [0.15, 0.2) is 0 Å². The fourth-order valence-electron chi connectivity index (χ4n) is 2.08. The molecule has 0 aromatic carbocycles. The zero-order valence-corrected chi connectivity index (χ0v) is 12.1. The van der Waals surface area contributed by atoms with Gasteiger partial charge in [0.15, 0.2) is 0 Å². The first-order valence-electron chi connectivity index (χ1n) is 6.76. The van der Waals surface area contributed by atoms with E-state index >= 15 is 0 Å². The molecule has 1 aliphatic heterocycles. The highest BCUT2D eigenvalue weighted by molar-refractivity contribution is 5.67. The van der Waals surface area contributed by atoms with E-state index in [1.165, 1.54) is 12.8 Å². The van der Waals surface area contributed by atoms with E-state index in [0.717, 1.165) is 19.6 Å². The fourth-order valence-corrected chi connectivity index (χ4v) is 2.08. The number of nitrogens with one attached hydrogen (secondary N) is 2. The van der Waals surface area contributed by atoms with Crippen LogP contribution >= 0.6 is 0 Å². The quantitative estimate of drug-likeness (QED) is 0.794. The Labute approximate surface area is 110 Å². The van der Waals surface area contributed by atoms with Gasteiger partial charge in [-0.15, -0.1) is 0 Å². The van der Waals surface area contributed by atoms with Crippen molar-refractivity contribution in [2.75, 3.05) is 33.2 Å². The Kier molecular flexibility index (Phi) is 5.88. The van der Waals surface area contributed by atoms with Gasteiger partial charge in [0, 0.05) is 19.1 Å². The van der Waals surface area contributed by atoms with Crippen molar-refractivity contribution in [3.05, 3.63) is 0 Å². The van der Waals surface area contributed by atoms with Crippen molar-refractivity contribution in [3.63, 3.8) is 0 Å². The first-order chi connectivity index (χ1) is 8.38. The number of hydrogen-bond acceptors (Lipinski definition) is 4. The predicted octanol–water partition coefficient (Wildman–Crippen LogP) is 1.19. The Bertz CT molecular complexity index is 257. The molecule has 1 aliphatic rings. The van der Waals surface area contributed by atoms with E-state index in [0.29, 0.717) is 12.6 Å². The second-order valence-corrected chi connectivity index (χ2v) is 5.89. The van der Waals surface area contributed by atoms with Crippen molar-refractivity contribution < 1.29 is 9.53 Å². The SMILES string of the molecule is CN(CCNC(=O)OC(C)(C)C)C1CCNCC1. The number of likely N-dealkylation sites (N-methyl/N-ethyl adjacent to an activating group) is 1. The van der Waals surface area contributed by atoms with Gasteiger partial charge in [-0.3, -0.25) is 0 Å². The number of amides is 1. The van der Waals surface area contributed by atoms with Crippen LogP contribution in [0.1, 0.15) is 33.6 Å². The lowest BCUT2D eigenvalue weighted by Gasteiger charge is -2.31. The molecule has 0 spiro atoms. The van der Waals surface area contributed by atoms with E-state index in [1.807, 2.05) is 20.8 Å². The van der Waals surface area contributed by atoms with E-state index in [1.54, 1.807) is 0 Å². The van der Waals surface area contributed by atoms with Crippen LogP contribution in [-0.4, -0.2) is 55.9 Å². The third kappa shape index (κ3) is 6.21. The molecule has 0 aromatic rings. The third-order valence-corrected chi connectivity index (χ3v) is 3.06. The Morgan fingerprint density at radius 1 is 1.39 bits per heavy atom. The Hall–Kier alpha value is -0.810. The topological polar surface area (TPSA) is 53.6 Å². The first kappa shape index (κ1) is 15.2. The monoisotopic (exact) mass is 257 g/mol. The maximum absolute atomic E-state index is 11.5. The van der Waals surface area contributed by atoms with Crippen molar-refractivity contribution in [2.45, 2.75) is 45.3 Å². The average Bonchev–Trinajstić information content (AvgIpc) is 2.27. The minimum Gasteiger partial charge on any atom is -0.444 e. The minimum absolute atomic E-state index is 0.332.